The van der Waals surface area contributed by atoms with E-state index in [-0.39, 0.29) is 11.8 Å². The Hall–Kier alpha value is -2.51. The quantitative estimate of drug-likeness (QED) is 0.811. The van der Waals surface area contributed by atoms with E-state index in [1.54, 1.807) is 6.92 Å². The molecule has 25 heavy (non-hydrogen) atoms. The molecule has 0 aromatic heterocycles. The number of halogens is 3. The van der Waals surface area contributed by atoms with Gasteiger partial charge in [0, 0.05) is 5.70 Å². The molecular formula is C17H19F3N2O3. The fraction of sp³-hybridized carbons (Fsp3) is 0.412. The zero-order valence-corrected chi connectivity index (χ0v) is 13.8. The molecule has 0 bridgehead atoms. The minimum atomic E-state index is -4.46. The molecule has 0 aliphatic carbocycles. The van der Waals surface area contributed by atoms with Crippen molar-refractivity contribution in [3.63, 3.8) is 0 Å². The Kier molecular flexibility index (Phi) is 5.39. The molecule has 1 aromatic carbocycles. The molecule has 1 aliphatic heterocycles. The monoisotopic (exact) mass is 356 g/mol. The number of rotatable bonds is 4. The molecule has 1 aliphatic rings. The summed E-state index contributed by atoms with van der Waals surface area (Å²) >= 11 is 0. The van der Waals surface area contributed by atoms with Gasteiger partial charge in [-0.15, -0.1) is 0 Å². The lowest BCUT2D eigenvalue weighted by atomic mass is 9.88. The maximum atomic E-state index is 12.7. The number of amides is 2. The van der Waals surface area contributed by atoms with Crippen molar-refractivity contribution in [2.75, 3.05) is 0 Å². The van der Waals surface area contributed by atoms with Crippen LogP contribution in [-0.2, 0) is 15.7 Å². The summed E-state index contributed by atoms with van der Waals surface area (Å²) in [7, 11) is 0. The van der Waals surface area contributed by atoms with Gasteiger partial charge in [0.25, 0.3) is 0 Å². The van der Waals surface area contributed by atoms with Crippen molar-refractivity contribution in [3.05, 3.63) is 47.7 Å². The van der Waals surface area contributed by atoms with Crippen LogP contribution in [0.1, 0.15) is 37.4 Å². The highest BCUT2D eigenvalue weighted by molar-refractivity contribution is 5.85. The Labute approximate surface area is 143 Å². The SMILES string of the molecule is C=C1NC(=O)NC(c2ccc(C(F)(F)F)cc2)C1C(=O)OC(C)CC. The Morgan fingerprint density at radius 2 is 1.92 bits per heavy atom. The molecule has 2 N–H and O–H groups in total. The van der Waals surface area contributed by atoms with Crippen LogP contribution in [0.15, 0.2) is 36.5 Å². The second-order valence-electron chi connectivity index (χ2n) is 5.85. The lowest BCUT2D eigenvalue weighted by molar-refractivity contribution is -0.153. The van der Waals surface area contributed by atoms with Gasteiger partial charge in [-0.1, -0.05) is 25.6 Å². The number of nitrogens with one attached hydrogen (secondary N) is 2. The van der Waals surface area contributed by atoms with Crippen LogP contribution in [0.3, 0.4) is 0 Å². The molecule has 1 fully saturated rings. The van der Waals surface area contributed by atoms with E-state index in [2.05, 4.69) is 17.2 Å². The number of carbonyl (C=O) groups is 2. The molecule has 3 atom stereocenters. The Morgan fingerprint density at radius 1 is 1.32 bits per heavy atom. The Bertz CT molecular complexity index is 671. The van der Waals surface area contributed by atoms with Gasteiger partial charge in [0.05, 0.1) is 17.7 Å². The van der Waals surface area contributed by atoms with Crippen molar-refractivity contribution in [1.82, 2.24) is 10.6 Å². The molecule has 1 aromatic rings. The molecule has 8 heteroatoms. The topological polar surface area (TPSA) is 67.4 Å². The van der Waals surface area contributed by atoms with E-state index in [4.69, 9.17) is 4.74 Å². The molecule has 2 amide bonds. The van der Waals surface area contributed by atoms with Gasteiger partial charge in [-0.25, -0.2) is 4.79 Å². The minimum Gasteiger partial charge on any atom is -0.462 e. The van der Waals surface area contributed by atoms with Gasteiger partial charge in [0.1, 0.15) is 5.92 Å². The molecule has 3 unspecified atom stereocenters. The first-order chi connectivity index (χ1) is 11.6. The van der Waals surface area contributed by atoms with E-state index in [1.807, 2.05) is 6.92 Å². The second kappa shape index (κ2) is 7.16. The van der Waals surface area contributed by atoms with E-state index in [1.165, 1.54) is 12.1 Å². The number of carbonyl (C=O) groups excluding carboxylic acids is 2. The number of esters is 1. The first kappa shape index (κ1) is 18.8. The van der Waals surface area contributed by atoms with Crippen molar-refractivity contribution in [1.29, 1.82) is 0 Å². The molecular weight excluding hydrogens is 337 g/mol. The largest absolute Gasteiger partial charge is 0.462 e. The van der Waals surface area contributed by atoms with Crippen LogP contribution in [0.4, 0.5) is 18.0 Å². The molecule has 136 valence electrons. The molecule has 2 rings (SSSR count). The fourth-order valence-electron chi connectivity index (χ4n) is 2.47. The number of ether oxygens (including phenoxy) is 1. The van der Waals surface area contributed by atoms with E-state index >= 15 is 0 Å². The van der Waals surface area contributed by atoms with Gasteiger partial charge >= 0.3 is 18.2 Å². The summed E-state index contributed by atoms with van der Waals surface area (Å²) < 4.78 is 43.4. The van der Waals surface area contributed by atoms with Gasteiger partial charge in [0.2, 0.25) is 0 Å². The first-order valence-electron chi connectivity index (χ1n) is 7.77. The predicted octanol–water partition coefficient (Wildman–Crippen LogP) is 3.53. The van der Waals surface area contributed by atoms with Crippen LogP contribution < -0.4 is 10.6 Å². The van der Waals surface area contributed by atoms with Crippen LogP contribution in [-0.4, -0.2) is 18.1 Å². The molecule has 0 spiro atoms. The standard InChI is InChI=1S/C17H19F3N2O3/c1-4-9(2)25-15(23)13-10(3)21-16(24)22-14(13)11-5-7-12(8-6-11)17(18,19)20/h5-9,13-14H,3-4H2,1-2H3,(H2,21,22,24). The number of hydrogen-bond acceptors (Lipinski definition) is 3. The smallest absolute Gasteiger partial charge is 0.416 e. The number of benzene rings is 1. The highest BCUT2D eigenvalue weighted by Gasteiger charge is 2.39. The van der Waals surface area contributed by atoms with Crippen LogP contribution in [0.25, 0.3) is 0 Å². The average Bonchev–Trinajstić information content (AvgIpc) is 2.53. The lowest BCUT2D eigenvalue weighted by Gasteiger charge is -2.34. The summed E-state index contributed by atoms with van der Waals surface area (Å²) in [6, 6.07) is 2.83. The van der Waals surface area contributed by atoms with E-state index in [9.17, 15) is 22.8 Å². The second-order valence-corrected chi connectivity index (χ2v) is 5.85. The average molecular weight is 356 g/mol. The molecule has 0 saturated carbocycles. The Balaban J connectivity index is 2.31. The van der Waals surface area contributed by atoms with Gasteiger partial charge in [-0.05, 0) is 31.0 Å². The molecule has 5 nitrogen and oxygen atoms in total. The van der Waals surface area contributed by atoms with Crippen molar-refractivity contribution >= 4 is 12.0 Å². The maximum absolute atomic E-state index is 12.7. The van der Waals surface area contributed by atoms with E-state index < -0.39 is 35.7 Å². The van der Waals surface area contributed by atoms with Crippen LogP contribution in [0.5, 0.6) is 0 Å². The number of urea groups is 1. The third-order valence-corrected chi connectivity index (χ3v) is 4.01. The van der Waals surface area contributed by atoms with Crippen LogP contribution in [0.2, 0.25) is 0 Å². The van der Waals surface area contributed by atoms with Crippen molar-refractivity contribution in [3.8, 4) is 0 Å². The number of alkyl halides is 3. The minimum absolute atomic E-state index is 0.141. The van der Waals surface area contributed by atoms with E-state index in [0.29, 0.717) is 12.0 Å². The Morgan fingerprint density at radius 3 is 2.44 bits per heavy atom. The van der Waals surface area contributed by atoms with Crippen molar-refractivity contribution in [2.45, 2.75) is 38.6 Å². The molecule has 1 saturated heterocycles. The predicted molar refractivity (Wildman–Crippen MR) is 84.3 cm³/mol. The van der Waals surface area contributed by atoms with Crippen molar-refractivity contribution in [2.24, 2.45) is 5.92 Å². The normalized spacial score (nSPS) is 22.0. The number of hydrogen-bond donors (Lipinski definition) is 2. The molecule has 0 radical (unpaired) electrons. The zero-order chi connectivity index (χ0) is 18.8. The van der Waals surface area contributed by atoms with Crippen molar-refractivity contribution < 1.29 is 27.5 Å². The third-order valence-electron chi connectivity index (χ3n) is 4.01. The van der Waals surface area contributed by atoms with Gasteiger partial charge in [0.15, 0.2) is 0 Å². The summed E-state index contributed by atoms with van der Waals surface area (Å²) in [5.41, 5.74) is -0.314. The van der Waals surface area contributed by atoms with Gasteiger partial charge in [-0.2, -0.15) is 13.2 Å². The third kappa shape index (κ3) is 4.32. The van der Waals surface area contributed by atoms with E-state index in [0.717, 1.165) is 12.1 Å². The van der Waals surface area contributed by atoms with Crippen LogP contribution >= 0.6 is 0 Å². The first-order valence-corrected chi connectivity index (χ1v) is 7.77. The summed E-state index contributed by atoms with van der Waals surface area (Å²) in [5.74, 6) is -1.54. The zero-order valence-electron chi connectivity index (χ0n) is 13.8. The summed E-state index contributed by atoms with van der Waals surface area (Å²) in [5, 5.41) is 4.96. The highest BCUT2D eigenvalue weighted by atomic mass is 19.4. The fourth-order valence-corrected chi connectivity index (χ4v) is 2.47. The highest BCUT2D eigenvalue weighted by Crippen LogP contribution is 2.34. The van der Waals surface area contributed by atoms with Gasteiger partial charge in [-0.3, -0.25) is 4.79 Å². The summed E-state index contributed by atoms with van der Waals surface area (Å²) in [6.07, 6.45) is -4.18. The molecule has 1 heterocycles. The summed E-state index contributed by atoms with van der Waals surface area (Å²) in [6.45, 7) is 7.25. The maximum Gasteiger partial charge on any atom is 0.416 e. The van der Waals surface area contributed by atoms with Gasteiger partial charge < -0.3 is 15.4 Å². The lowest BCUT2D eigenvalue weighted by Crippen LogP contribution is -2.51. The van der Waals surface area contributed by atoms with Crippen LogP contribution in [0, 0.1) is 5.92 Å². The summed E-state index contributed by atoms with van der Waals surface area (Å²) in [4.78, 5) is 24.2.